The summed E-state index contributed by atoms with van der Waals surface area (Å²) < 4.78 is 48.4. The number of rotatable bonds is 8. The Balaban J connectivity index is 1.88. The molecule has 1 aromatic carbocycles. The molecule has 0 aliphatic carbocycles. The van der Waals surface area contributed by atoms with Crippen LogP contribution in [0.25, 0.3) is 0 Å². The summed E-state index contributed by atoms with van der Waals surface area (Å²) in [6.07, 6.45) is -4.43. The molecule has 1 heterocycles. The Morgan fingerprint density at radius 3 is 2.84 bits per heavy atom. The largest absolute Gasteiger partial charge is 0.487 e. The molecule has 0 saturated heterocycles. The van der Waals surface area contributed by atoms with Crippen LogP contribution >= 0.6 is 0 Å². The third-order valence-electron chi connectivity index (χ3n) is 3.16. The molecule has 2 rings (SSSR count). The Hall–Kier alpha value is -2.55. The van der Waals surface area contributed by atoms with Gasteiger partial charge in [0.2, 0.25) is 0 Å². The van der Waals surface area contributed by atoms with E-state index in [0.717, 1.165) is 12.1 Å². The summed E-state index contributed by atoms with van der Waals surface area (Å²) in [5.41, 5.74) is -0.157. The third kappa shape index (κ3) is 5.79. The van der Waals surface area contributed by atoms with Gasteiger partial charge in [-0.1, -0.05) is 6.07 Å². The summed E-state index contributed by atoms with van der Waals surface area (Å²) in [6.45, 7) is 3.13. The highest BCUT2D eigenvalue weighted by Crippen LogP contribution is 2.31. The fourth-order valence-electron chi connectivity index (χ4n) is 1.95. The van der Waals surface area contributed by atoms with Crippen LogP contribution in [0, 0.1) is 0 Å². The maximum absolute atomic E-state index is 12.6. The van der Waals surface area contributed by atoms with Crippen molar-refractivity contribution in [1.82, 2.24) is 15.5 Å². The van der Waals surface area contributed by atoms with E-state index in [0.29, 0.717) is 25.5 Å². The molecule has 0 aliphatic heterocycles. The number of hydrogen-bond acceptors (Lipinski definition) is 4. The summed E-state index contributed by atoms with van der Waals surface area (Å²) in [6, 6.07) is 6.05. The maximum atomic E-state index is 12.6. The Morgan fingerprint density at radius 1 is 1.32 bits per heavy atom. The molecule has 0 radical (unpaired) electrons. The molecule has 0 aliphatic rings. The summed E-state index contributed by atoms with van der Waals surface area (Å²) >= 11 is 0. The molecule has 1 aromatic heterocycles. The number of alkyl halides is 3. The van der Waals surface area contributed by atoms with E-state index in [1.54, 1.807) is 0 Å². The average Bonchev–Trinajstić information content (AvgIpc) is 3.05. The molecule has 136 valence electrons. The standard InChI is InChI=1S/C16H18F3N3O3/c1-2-24-7-6-20-15(23)14-9-12(21-22-14)10-25-13-5-3-4-11(8-13)16(17,18)19/h3-5,8-9H,2,6-7,10H2,1H3,(H,20,23)(H,21,22). The van der Waals surface area contributed by atoms with Gasteiger partial charge in [0.15, 0.2) is 0 Å². The van der Waals surface area contributed by atoms with Gasteiger partial charge in [0.05, 0.1) is 17.9 Å². The number of carbonyl (C=O) groups is 1. The van der Waals surface area contributed by atoms with Crippen molar-refractivity contribution in [1.29, 1.82) is 0 Å². The molecule has 0 atom stereocenters. The summed E-state index contributed by atoms with van der Waals surface area (Å²) in [5.74, 6) is -0.298. The first-order valence-corrected chi connectivity index (χ1v) is 7.60. The summed E-state index contributed by atoms with van der Waals surface area (Å²) in [7, 11) is 0. The molecule has 0 bridgehead atoms. The number of H-pyrrole nitrogens is 1. The fourth-order valence-corrected chi connectivity index (χ4v) is 1.95. The predicted molar refractivity (Wildman–Crippen MR) is 83.2 cm³/mol. The number of carbonyl (C=O) groups excluding carboxylic acids is 1. The molecule has 2 aromatic rings. The molecule has 0 saturated carbocycles. The molecular formula is C16H18F3N3O3. The zero-order valence-corrected chi connectivity index (χ0v) is 13.5. The minimum atomic E-state index is -4.43. The molecule has 6 nitrogen and oxygen atoms in total. The molecule has 2 N–H and O–H groups in total. The van der Waals surface area contributed by atoms with Gasteiger partial charge >= 0.3 is 6.18 Å². The summed E-state index contributed by atoms with van der Waals surface area (Å²) in [4.78, 5) is 11.8. The second-order valence-electron chi connectivity index (χ2n) is 5.05. The van der Waals surface area contributed by atoms with Crippen LogP contribution in [0.3, 0.4) is 0 Å². The van der Waals surface area contributed by atoms with E-state index in [1.807, 2.05) is 6.92 Å². The summed E-state index contributed by atoms with van der Waals surface area (Å²) in [5, 5.41) is 9.09. The lowest BCUT2D eigenvalue weighted by Gasteiger charge is -2.09. The van der Waals surface area contributed by atoms with Crippen molar-refractivity contribution in [3.63, 3.8) is 0 Å². The number of ether oxygens (including phenoxy) is 2. The minimum Gasteiger partial charge on any atom is -0.487 e. The van der Waals surface area contributed by atoms with E-state index in [2.05, 4.69) is 15.5 Å². The van der Waals surface area contributed by atoms with E-state index in [4.69, 9.17) is 9.47 Å². The van der Waals surface area contributed by atoms with Gasteiger partial charge in [-0.05, 0) is 31.2 Å². The Kier molecular flexibility index (Phi) is 6.40. The zero-order valence-electron chi connectivity index (χ0n) is 13.5. The van der Waals surface area contributed by atoms with Crippen LogP contribution in [-0.4, -0.2) is 35.9 Å². The topological polar surface area (TPSA) is 76.2 Å². The Morgan fingerprint density at radius 2 is 2.12 bits per heavy atom. The number of benzene rings is 1. The smallest absolute Gasteiger partial charge is 0.416 e. The van der Waals surface area contributed by atoms with Gasteiger partial charge in [0, 0.05) is 13.2 Å². The molecular weight excluding hydrogens is 339 g/mol. The first kappa shape index (κ1) is 18.8. The van der Waals surface area contributed by atoms with Gasteiger partial charge in [-0.15, -0.1) is 0 Å². The number of halogens is 3. The van der Waals surface area contributed by atoms with E-state index < -0.39 is 11.7 Å². The highest BCUT2D eigenvalue weighted by molar-refractivity contribution is 5.92. The first-order chi connectivity index (χ1) is 11.9. The van der Waals surface area contributed by atoms with Gasteiger partial charge in [-0.3, -0.25) is 9.89 Å². The number of hydrogen-bond donors (Lipinski definition) is 2. The lowest BCUT2D eigenvalue weighted by molar-refractivity contribution is -0.137. The number of aromatic amines is 1. The van der Waals surface area contributed by atoms with Crippen LogP contribution in [0.15, 0.2) is 30.3 Å². The number of nitrogens with one attached hydrogen (secondary N) is 2. The first-order valence-electron chi connectivity index (χ1n) is 7.60. The van der Waals surface area contributed by atoms with Crippen LogP contribution in [-0.2, 0) is 17.5 Å². The van der Waals surface area contributed by atoms with Crippen LogP contribution in [0.1, 0.15) is 28.7 Å². The van der Waals surface area contributed by atoms with E-state index >= 15 is 0 Å². The van der Waals surface area contributed by atoms with Crippen molar-refractivity contribution in [2.24, 2.45) is 0 Å². The number of amides is 1. The number of aromatic nitrogens is 2. The fraction of sp³-hybridized carbons (Fsp3) is 0.375. The minimum absolute atomic E-state index is 0.0411. The molecule has 9 heteroatoms. The van der Waals surface area contributed by atoms with E-state index in [1.165, 1.54) is 18.2 Å². The van der Waals surface area contributed by atoms with Gasteiger partial charge in [0.1, 0.15) is 18.1 Å². The van der Waals surface area contributed by atoms with Gasteiger partial charge in [-0.25, -0.2) is 0 Å². The van der Waals surface area contributed by atoms with Crippen LogP contribution < -0.4 is 10.1 Å². The highest BCUT2D eigenvalue weighted by Gasteiger charge is 2.30. The van der Waals surface area contributed by atoms with Crippen molar-refractivity contribution in [3.05, 3.63) is 47.3 Å². The van der Waals surface area contributed by atoms with E-state index in [9.17, 15) is 18.0 Å². The lowest BCUT2D eigenvalue weighted by Crippen LogP contribution is -2.27. The maximum Gasteiger partial charge on any atom is 0.416 e. The molecule has 0 unspecified atom stereocenters. The van der Waals surface area contributed by atoms with Crippen LogP contribution in [0.2, 0.25) is 0 Å². The monoisotopic (exact) mass is 357 g/mol. The van der Waals surface area contributed by atoms with Crippen molar-refractivity contribution >= 4 is 5.91 Å². The third-order valence-corrected chi connectivity index (χ3v) is 3.16. The van der Waals surface area contributed by atoms with Gasteiger partial charge in [0.25, 0.3) is 5.91 Å². The SMILES string of the molecule is CCOCCNC(=O)c1cc(COc2cccc(C(F)(F)F)c2)[nH]n1. The van der Waals surface area contributed by atoms with Gasteiger partial charge < -0.3 is 14.8 Å². The lowest BCUT2D eigenvalue weighted by atomic mass is 10.2. The van der Waals surface area contributed by atoms with Crippen molar-refractivity contribution < 1.29 is 27.4 Å². The van der Waals surface area contributed by atoms with Crippen molar-refractivity contribution in [2.75, 3.05) is 19.8 Å². The predicted octanol–water partition coefficient (Wildman–Crippen LogP) is 2.77. The second kappa shape index (κ2) is 8.52. The molecule has 25 heavy (non-hydrogen) atoms. The Labute approximate surface area is 142 Å². The van der Waals surface area contributed by atoms with E-state index in [-0.39, 0.29) is 24.0 Å². The normalized spacial score (nSPS) is 11.4. The Bertz CT molecular complexity index is 701. The van der Waals surface area contributed by atoms with Gasteiger partial charge in [-0.2, -0.15) is 18.3 Å². The second-order valence-corrected chi connectivity index (χ2v) is 5.05. The average molecular weight is 357 g/mol. The zero-order chi connectivity index (χ0) is 18.3. The molecule has 0 spiro atoms. The molecule has 1 amide bonds. The quantitative estimate of drug-likeness (QED) is 0.713. The van der Waals surface area contributed by atoms with Crippen LogP contribution in [0.4, 0.5) is 13.2 Å². The highest BCUT2D eigenvalue weighted by atomic mass is 19.4. The number of nitrogens with zero attached hydrogens (tertiary/aromatic N) is 1. The van der Waals surface area contributed by atoms with Crippen molar-refractivity contribution in [2.45, 2.75) is 19.7 Å². The van der Waals surface area contributed by atoms with Crippen LogP contribution in [0.5, 0.6) is 5.75 Å². The van der Waals surface area contributed by atoms with Crippen molar-refractivity contribution in [3.8, 4) is 5.75 Å². The molecule has 0 fully saturated rings.